The van der Waals surface area contributed by atoms with Gasteiger partial charge in [-0.15, -0.1) is 0 Å². The van der Waals surface area contributed by atoms with Crippen LogP contribution in [0.1, 0.15) is 43.4 Å². The van der Waals surface area contributed by atoms with E-state index in [1.165, 1.54) is 4.90 Å². The molecule has 2 rings (SSSR count). The van der Waals surface area contributed by atoms with Crippen LogP contribution in [0.15, 0.2) is 46.9 Å². The van der Waals surface area contributed by atoms with Crippen molar-refractivity contribution in [1.29, 1.82) is 0 Å². The van der Waals surface area contributed by atoms with Crippen LogP contribution in [-0.2, 0) is 26.2 Å². The number of aryl methyl sites for hydroxylation is 2. The van der Waals surface area contributed by atoms with E-state index in [-0.39, 0.29) is 12.5 Å². The number of hydrogen-bond donors (Lipinski definition) is 1. The molecule has 7 nitrogen and oxygen atoms in total. The maximum absolute atomic E-state index is 13.5. The lowest BCUT2D eigenvalue weighted by molar-refractivity contribution is -0.139. The number of carbonyl (C=O) groups is 2. The van der Waals surface area contributed by atoms with Gasteiger partial charge >= 0.3 is 0 Å². The predicted octanol–water partition coefficient (Wildman–Crippen LogP) is 4.17. The second-order valence-corrected chi connectivity index (χ2v) is 11.4. The summed E-state index contributed by atoms with van der Waals surface area (Å²) in [5.74, 6) is -0.725. The normalized spacial score (nSPS) is 12.2. The highest BCUT2D eigenvalue weighted by Gasteiger charge is 2.30. The number of sulfonamides is 1. The van der Waals surface area contributed by atoms with E-state index in [4.69, 9.17) is 0 Å². The van der Waals surface area contributed by atoms with Crippen LogP contribution in [0.2, 0.25) is 0 Å². The van der Waals surface area contributed by atoms with E-state index in [1.807, 2.05) is 51.1 Å². The van der Waals surface area contributed by atoms with Gasteiger partial charge in [0.25, 0.3) is 0 Å². The molecule has 0 radical (unpaired) electrons. The Labute approximate surface area is 211 Å². The number of rotatable bonds is 11. The Kier molecular flexibility index (Phi) is 10.1. The zero-order chi connectivity index (χ0) is 25.5. The van der Waals surface area contributed by atoms with Gasteiger partial charge in [0, 0.05) is 17.6 Å². The molecule has 2 aromatic rings. The molecule has 186 valence electrons. The summed E-state index contributed by atoms with van der Waals surface area (Å²) in [6.45, 7) is 7.75. The fourth-order valence-electron chi connectivity index (χ4n) is 3.66. The molecule has 9 heteroatoms. The van der Waals surface area contributed by atoms with E-state index in [2.05, 4.69) is 21.2 Å². The van der Waals surface area contributed by atoms with Crippen LogP contribution in [-0.4, -0.2) is 50.5 Å². The zero-order valence-corrected chi connectivity index (χ0v) is 22.9. The second kappa shape index (κ2) is 12.4. The van der Waals surface area contributed by atoms with Crippen LogP contribution in [0.4, 0.5) is 5.69 Å². The highest BCUT2D eigenvalue weighted by Crippen LogP contribution is 2.22. The molecule has 0 unspecified atom stereocenters. The van der Waals surface area contributed by atoms with Gasteiger partial charge in [-0.2, -0.15) is 0 Å². The summed E-state index contributed by atoms with van der Waals surface area (Å²) in [5, 5.41) is 2.87. The smallest absolute Gasteiger partial charge is 0.244 e. The van der Waals surface area contributed by atoms with E-state index in [9.17, 15) is 18.0 Å². The first-order valence-electron chi connectivity index (χ1n) is 11.3. The Balaban J connectivity index is 2.38. The Morgan fingerprint density at radius 3 is 2.29 bits per heavy atom. The maximum Gasteiger partial charge on any atom is 0.244 e. The van der Waals surface area contributed by atoms with Gasteiger partial charge in [0.1, 0.15) is 12.6 Å². The molecule has 0 aromatic heterocycles. The number of nitrogens with zero attached hydrogens (tertiary/aromatic N) is 2. The fraction of sp³-hybridized carbons (Fsp3) is 0.440. The number of anilines is 1. The van der Waals surface area contributed by atoms with E-state index < -0.39 is 28.5 Å². The van der Waals surface area contributed by atoms with Gasteiger partial charge in [-0.05, 0) is 68.1 Å². The van der Waals surface area contributed by atoms with Crippen molar-refractivity contribution in [3.05, 3.63) is 63.6 Å². The number of carbonyl (C=O) groups excluding carboxylic acids is 2. The molecule has 0 saturated heterocycles. The summed E-state index contributed by atoms with van der Waals surface area (Å²) >= 11 is 3.44. The first-order chi connectivity index (χ1) is 15.9. The van der Waals surface area contributed by atoms with Crippen molar-refractivity contribution >= 4 is 43.5 Å². The van der Waals surface area contributed by atoms with E-state index in [0.717, 1.165) is 44.6 Å². The minimum atomic E-state index is -3.75. The van der Waals surface area contributed by atoms with Gasteiger partial charge in [0.2, 0.25) is 21.8 Å². The molecule has 0 aliphatic carbocycles. The van der Waals surface area contributed by atoms with Crippen molar-refractivity contribution < 1.29 is 18.0 Å². The van der Waals surface area contributed by atoms with Crippen molar-refractivity contribution in [2.75, 3.05) is 23.7 Å². The van der Waals surface area contributed by atoms with Gasteiger partial charge in [0.15, 0.2) is 0 Å². The standard InChI is InChI=1S/C25H34BrN3O4S/c1-6-7-11-27-25(31)20(4)28(16-21-9-8-10-22(26)15-21)24(30)17-29(34(5,32)33)23-13-18(2)12-19(3)14-23/h8-10,12-15,20H,6-7,11,16-17H2,1-5H3,(H,27,31)/t20-/m1/s1. The molecule has 1 N–H and O–H groups in total. The third-order valence-electron chi connectivity index (χ3n) is 5.41. The Bertz CT molecular complexity index is 1100. The lowest BCUT2D eigenvalue weighted by atomic mass is 10.1. The van der Waals surface area contributed by atoms with Crippen LogP contribution in [0.25, 0.3) is 0 Å². The molecule has 0 bridgehead atoms. The van der Waals surface area contributed by atoms with Crippen LogP contribution in [0.3, 0.4) is 0 Å². The van der Waals surface area contributed by atoms with Gasteiger partial charge in [-0.3, -0.25) is 13.9 Å². The Morgan fingerprint density at radius 2 is 1.74 bits per heavy atom. The van der Waals surface area contributed by atoms with Gasteiger partial charge in [-0.25, -0.2) is 8.42 Å². The van der Waals surface area contributed by atoms with Crippen molar-refractivity contribution in [1.82, 2.24) is 10.2 Å². The number of nitrogens with one attached hydrogen (secondary N) is 1. The highest BCUT2D eigenvalue weighted by molar-refractivity contribution is 9.10. The fourth-order valence-corrected chi connectivity index (χ4v) is 4.94. The molecule has 0 heterocycles. The summed E-state index contributed by atoms with van der Waals surface area (Å²) in [5.41, 5.74) is 3.04. The largest absolute Gasteiger partial charge is 0.354 e. The lowest BCUT2D eigenvalue weighted by Gasteiger charge is -2.31. The molecule has 0 spiro atoms. The van der Waals surface area contributed by atoms with Crippen LogP contribution < -0.4 is 9.62 Å². The van der Waals surface area contributed by atoms with Gasteiger partial charge in [0.05, 0.1) is 11.9 Å². The lowest BCUT2D eigenvalue weighted by Crippen LogP contribution is -2.51. The molecule has 1 atom stereocenters. The predicted molar refractivity (Wildman–Crippen MR) is 140 cm³/mol. The van der Waals surface area contributed by atoms with Crippen LogP contribution in [0, 0.1) is 13.8 Å². The third kappa shape index (κ3) is 8.13. The van der Waals surface area contributed by atoms with Crippen LogP contribution >= 0.6 is 15.9 Å². The molecule has 2 aromatic carbocycles. The minimum Gasteiger partial charge on any atom is -0.354 e. The van der Waals surface area contributed by atoms with Gasteiger partial charge < -0.3 is 10.2 Å². The topological polar surface area (TPSA) is 86.8 Å². The average molecular weight is 553 g/mol. The highest BCUT2D eigenvalue weighted by atomic mass is 79.9. The SMILES string of the molecule is CCCCNC(=O)[C@@H](C)N(Cc1cccc(Br)c1)C(=O)CN(c1cc(C)cc(C)c1)S(C)(=O)=O. The molecule has 0 aliphatic heterocycles. The van der Waals surface area contributed by atoms with Crippen molar-refractivity contribution in [2.24, 2.45) is 0 Å². The summed E-state index contributed by atoms with van der Waals surface area (Å²) < 4.78 is 27.3. The molecular weight excluding hydrogens is 518 g/mol. The molecule has 0 aliphatic rings. The quantitative estimate of drug-likeness (QED) is 0.424. The third-order valence-corrected chi connectivity index (χ3v) is 7.05. The number of amides is 2. The average Bonchev–Trinajstić information content (AvgIpc) is 2.73. The molecule has 0 fully saturated rings. The number of unbranched alkanes of at least 4 members (excludes halogenated alkanes) is 1. The first-order valence-corrected chi connectivity index (χ1v) is 13.9. The minimum absolute atomic E-state index is 0.172. The molecular formula is C25H34BrN3O4S. The summed E-state index contributed by atoms with van der Waals surface area (Å²) in [4.78, 5) is 27.8. The van der Waals surface area contributed by atoms with Crippen molar-refractivity contribution in [3.8, 4) is 0 Å². The van der Waals surface area contributed by atoms with Crippen molar-refractivity contribution in [2.45, 2.75) is 53.1 Å². The number of hydrogen-bond acceptors (Lipinski definition) is 4. The summed E-state index contributed by atoms with van der Waals surface area (Å²) in [7, 11) is -3.75. The van der Waals surface area contributed by atoms with E-state index in [1.54, 1.807) is 19.1 Å². The molecule has 2 amide bonds. The van der Waals surface area contributed by atoms with E-state index in [0.29, 0.717) is 12.2 Å². The first kappa shape index (κ1) is 27.9. The maximum atomic E-state index is 13.5. The van der Waals surface area contributed by atoms with Crippen molar-refractivity contribution in [3.63, 3.8) is 0 Å². The zero-order valence-electron chi connectivity index (χ0n) is 20.5. The van der Waals surface area contributed by atoms with Gasteiger partial charge in [-0.1, -0.05) is 47.5 Å². The number of halogens is 1. The van der Waals surface area contributed by atoms with E-state index >= 15 is 0 Å². The summed E-state index contributed by atoms with van der Waals surface area (Å²) in [6, 6.07) is 12.1. The molecule has 0 saturated carbocycles. The number of benzene rings is 2. The monoisotopic (exact) mass is 551 g/mol. The van der Waals surface area contributed by atoms with Crippen LogP contribution in [0.5, 0.6) is 0 Å². The Hall–Kier alpha value is -2.39. The summed E-state index contributed by atoms with van der Waals surface area (Å²) in [6.07, 6.45) is 2.86. The molecule has 34 heavy (non-hydrogen) atoms. The Morgan fingerprint density at radius 1 is 1.09 bits per heavy atom. The second-order valence-electron chi connectivity index (χ2n) is 8.59.